The van der Waals surface area contributed by atoms with Gasteiger partial charge in [0.05, 0.1) is 13.2 Å². The van der Waals surface area contributed by atoms with E-state index in [-0.39, 0.29) is 5.97 Å². The molecule has 1 fully saturated rings. The monoisotopic (exact) mass is 286 g/mol. The lowest BCUT2D eigenvalue weighted by atomic mass is 10.0. The topological polar surface area (TPSA) is 50.8 Å². The molecule has 1 N–H and O–H groups in total. The molecule has 5 nitrogen and oxygen atoms in total. The molecule has 0 spiro atoms. The smallest absolute Gasteiger partial charge is 0.327 e. The van der Waals surface area contributed by atoms with Gasteiger partial charge in [0, 0.05) is 32.3 Å². The Morgan fingerprint density at radius 1 is 1.45 bits per heavy atom. The zero-order valence-corrected chi connectivity index (χ0v) is 13.6. The second-order valence-corrected chi connectivity index (χ2v) is 6.03. The summed E-state index contributed by atoms with van der Waals surface area (Å²) < 4.78 is 10.4. The van der Waals surface area contributed by atoms with Gasteiger partial charge < -0.3 is 9.47 Å². The van der Waals surface area contributed by atoms with Crippen LogP contribution in [0.25, 0.3) is 0 Å². The Balaban J connectivity index is 2.71. The number of carbonyl (C=O) groups excluding carboxylic acids is 1. The minimum Gasteiger partial charge on any atom is -0.465 e. The highest BCUT2D eigenvalue weighted by Gasteiger charge is 2.41. The van der Waals surface area contributed by atoms with Crippen molar-refractivity contribution in [3.8, 4) is 0 Å². The van der Waals surface area contributed by atoms with E-state index in [0.717, 1.165) is 19.4 Å². The van der Waals surface area contributed by atoms with Gasteiger partial charge in [-0.15, -0.1) is 0 Å². The molecule has 118 valence electrons. The van der Waals surface area contributed by atoms with Gasteiger partial charge in [0.1, 0.15) is 5.54 Å². The van der Waals surface area contributed by atoms with Gasteiger partial charge in [-0.25, -0.2) is 0 Å². The van der Waals surface area contributed by atoms with E-state index in [1.165, 1.54) is 0 Å². The first-order valence-electron chi connectivity index (χ1n) is 7.61. The fraction of sp³-hybridized carbons (Fsp3) is 0.933. The third-order valence-corrected chi connectivity index (χ3v) is 3.66. The second kappa shape index (κ2) is 7.96. The van der Waals surface area contributed by atoms with Gasteiger partial charge in [-0.2, -0.15) is 0 Å². The Morgan fingerprint density at radius 3 is 2.55 bits per heavy atom. The van der Waals surface area contributed by atoms with Crippen LogP contribution in [0, 0.1) is 0 Å². The van der Waals surface area contributed by atoms with Crippen molar-refractivity contribution < 1.29 is 14.3 Å². The molecule has 0 aromatic heterocycles. The van der Waals surface area contributed by atoms with Crippen LogP contribution in [0.5, 0.6) is 0 Å². The predicted octanol–water partition coefficient (Wildman–Crippen LogP) is 1.42. The first-order chi connectivity index (χ1) is 9.42. The number of nitrogens with zero attached hydrogens (tertiary/aromatic N) is 1. The molecule has 0 saturated heterocycles. The first-order valence-corrected chi connectivity index (χ1v) is 7.61. The van der Waals surface area contributed by atoms with Crippen molar-refractivity contribution in [3.05, 3.63) is 0 Å². The van der Waals surface area contributed by atoms with E-state index in [9.17, 15) is 4.79 Å². The first kappa shape index (κ1) is 17.4. The van der Waals surface area contributed by atoms with E-state index in [2.05, 4.69) is 24.1 Å². The van der Waals surface area contributed by atoms with Gasteiger partial charge in [0.2, 0.25) is 0 Å². The Morgan fingerprint density at radius 2 is 2.10 bits per heavy atom. The molecule has 1 aliphatic rings. The summed E-state index contributed by atoms with van der Waals surface area (Å²) in [6.07, 6.45) is 2.30. The number of carbonyl (C=O) groups is 1. The van der Waals surface area contributed by atoms with Crippen molar-refractivity contribution in [2.24, 2.45) is 0 Å². The molecule has 1 unspecified atom stereocenters. The molecular formula is C15H30N2O3. The van der Waals surface area contributed by atoms with Crippen LogP contribution in [0.1, 0.15) is 40.5 Å². The molecule has 0 bridgehead atoms. The van der Waals surface area contributed by atoms with Gasteiger partial charge >= 0.3 is 5.97 Å². The van der Waals surface area contributed by atoms with Gasteiger partial charge in [0.15, 0.2) is 0 Å². The van der Waals surface area contributed by atoms with Crippen LogP contribution in [-0.4, -0.2) is 61.9 Å². The molecule has 0 aromatic carbocycles. The maximum atomic E-state index is 12.3. The summed E-state index contributed by atoms with van der Waals surface area (Å²) >= 11 is 0. The fourth-order valence-electron chi connectivity index (χ4n) is 2.27. The maximum Gasteiger partial charge on any atom is 0.327 e. The van der Waals surface area contributed by atoms with E-state index in [1.807, 2.05) is 13.8 Å². The number of hydrogen-bond donors (Lipinski definition) is 1. The predicted molar refractivity (Wildman–Crippen MR) is 79.8 cm³/mol. The van der Waals surface area contributed by atoms with Gasteiger partial charge in [-0.3, -0.25) is 15.0 Å². The van der Waals surface area contributed by atoms with Crippen LogP contribution in [0.2, 0.25) is 0 Å². The molecule has 20 heavy (non-hydrogen) atoms. The number of rotatable bonds is 10. The molecule has 0 aromatic rings. The normalized spacial score (nSPS) is 18.4. The van der Waals surface area contributed by atoms with Crippen molar-refractivity contribution >= 4 is 5.97 Å². The second-order valence-electron chi connectivity index (χ2n) is 6.03. The van der Waals surface area contributed by atoms with Crippen molar-refractivity contribution in [1.29, 1.82) is 0 Å². The van der Waals surface area contributed by atoms with E-state index >= 15 is 0 Å². The Bertz CT molecular complexity index is 305. The average Bonchev–Trinajstić information content (AvgIpc) is 3.18. The summed E-state index contributed by atoms with van der Waals surface area (Å²) in [5, 5.41) is 3.46. The van der Waals surface area contributed by atoms with Gasteiger partial charge in [0.25, 0.3) is 0 Å². The van der Waals surface area contributed by atoms with Crippen LogP contribution in [0.4, 0.5) is 0 Å². The molecule has 1 aliphatic carbocycles. The molecule has 0 heterocycles. The molecule has 5 heteroatoms. The highest BCUT2D eigenvalue weighted by atomic mass is 16.5. The number of nitrogens with one attached hydrogen (secondary N) is 1. The third kappa shape index (κ3) is 5.38. The Hall–Kier alpha value is -0.650. The van der Waals surface area contributed by atoms with E-state index in [0.29, 0.717) is 31.8 Å². The van der Waals surface area contributed by atoms with Crippen molar-refractivity contribution in [3.63, 3.8) is 0 Å². The fourth-order valence-corrected chi connectivity index (χ4v) is 2.27. The number of methoxy groups -OCH3 is 1. The molecule has 0 radical (unpaired) electrons. The van der Waals surface area contributed by atoms with Crippen LogP contribution >= 0.6 is 0 Å². The van der Waals surface area contributed by atoms with Crippen molar-refractivity contribution in [2.75, 3.05) is 33.4 Å². The average molecular weight is 286 g/mol. The highest BCUT2D eigenvalue weighted by Crippen LogP contribution is 2.24. The van der Waals surface area contributed by atoms with E-state index in [1.54, 1.807) is 7.11 Å². The van der Waals surface area contributed by atoms with Crippen LogP contribution in [0.3, 0.4) is 0 Å². The van der Waals surface area contributed by atoms with E-state index in [4.69, 9.17) is 9.47 Å². The van der Waals surface area contributed by atoms with Crippen LogP contribution < -0.4 is 5.32 Å². The Kier molecular flexibility index (Phi) is 6.92. The minimum atomic E-state index is -0.644. The number of ether oxygens (including phenoxy) is 2. The van der Waals surface area contributed by atoms with Gasteiger partial charge in [-0.1, -0.05) is 0 Å². The molecule has 0 amide bonds. The van der Waals surface area contributed by atoms with Crippen LogP contribution in [0.15, 0.2) is 0 Å². The summed E-state index contributed by atoms with van der Waals surface area (Å²) in [7, 11) is 1.70. The third-order valence-electron chi connectivity index (χ3n) is 3.66. The largest absolute Gasteiger partial charge is 0.465 e. The van der Waals surface area contributed by atoms with E-state index < -0.39 is 5.54 Å². The zero-order chi connectivity index (χ0) is 15.2. The summed E-state index contributed by atoms with van der Waals surface area (Å²) in [6, 6.07) is 0.820. The standard InChI is InChI=1S/C15H30N2O3/c1-6-20-14(18)15(4,16-13-7-8-13)11-17(12(2)3)9-10-19-5/h12-13,16H,6-11H2,1-5H3. The summed E-state index contributed by atoms with van der Waals surface area (Å²) in [6.45, 7) is 10.6. The molecular weight excluding hydrogens is 256 g/mol. The lowest BCUT2D eigenvalue weighted by Gasteiger charge is -2.36. The van der Waals surface area contributed by atoms with Crippen molar-refractivity contribution in [1.82, 2.24) is 10.2 Å². The summed E-state index contributed by atoms with van der Waals surface area (Å²) in [5.41, 5.74) is -0.644. The molecule has 1 atom stereocenters. The summed E-state index contributed by atoms with van der Waals surface area (Å²) in [5.74, 6) is -0.157. The zero-order valence-electron chi connectivity index (χ0n) is 13.6. The minimum absolute atomic E-state index is 0.157. The molecule has 0 aliphatic heterocycles. The molecule has 1 saturated carbocycles. The quantitative estimate of drug-likeness (QED) is 0.616. The van der Waals surface area contributed by atoms with Crippen molar-refractivity contribution in [2.45, 2.75) is 58.2 Å². The summed E-state index contributed by atoms with van der Waals surface area (Å²) in [4.78, 5) is 14.6. The van der Waals surface area contributed by atoms with Gasteiger partial charge in [-0.05, 0) is 40.5 Å². The Labute approximate surface area is 123 Å². The number of hydrogen-bond acceptors (Lipinski definition) is 5. The molecule has 1 rings (SSSR count). The maximum absolute atomic E-state index is 12.3. The highest BCUT2D eigenvalue weighted by molar-refractivity contribution is 5.80. The number of esters is 1. The van der Waals surface area contributed by atoms with Crippen LogP contribution in [-0.2, 0) is 14.3 Å². The lowest BCUT2D eigenvalue weighted by molar-refractivity contribution is -0.151. The lowest BCUT2D eigenvalue weighted by Crippen LogP contribution is -2.59. The SMILES string of the molecule is CCOC(=O)C(C)(CN(CCOC)C(C)C)NC1CC1.